The quantitative estimate of drug-likeness (QED) is 0.665. The molecule has 2 heterocycles. The smallest absolute Gasteiger partial charge is 0.268 e. The number of anilines is 1. The lowest BCUT2D eigenvalue weighted by Gasteiger charge is -2.18. The average Bonchev–Trinajstić information content (AvgIpc) is 3.27. The molecule has 1 saturated heterocycles. The van der Waals surface area contributed by atoms with E-state index in [1.54, 1.807) is 18.2 Å². The zero-order valence-corrected chi connectivity index (χ0v) is 15.7. The summed E-state index contributed by atoms with van der Waals surface area (Å²) in [4.78, 5) is 30.2. The molecule has 0 radical (unpaired) electrons. The van der Waals surface area contributed by atoms with Crippen molar-refractivity contribution in [2.45, 2.75) is 31.8 Å². The van der Waals surface area contributed by atoms with E-state index < -0.39 is 18.6 Å². The molecule has 0 saturated carbocycles. The van der Waals surface area contributed by atoms with Crippen LogP contribution in [0.1, 0.15) is 35.2 Å². The summed E-state index contributed by atoms with van der Waals surface area (Å²) in [7, 11) is 0. The van der Waals surface area contributed by atoms with Crippen LogP contribution in [-0.2, 0) is 11.2 Å². The Kier molecular flexibility index (Phi) is 5.42. The zero-order chi connectivity index (χ0) is 20.4. The summed E-state index contributed by atoms with van der Waals surface area (Å²) in [6.07, 6.45) is 2.15. The molecule has 1 aliphatic carbocycles. The summed E-state index contributed by atoms with van der Waals surface area (Å²) in [6, 6.07) is 6.12. The van der Waals surface area contributed by atoms with Gasteiger partial charge in [-0.15, -0.1) is 0 Å². The maximum atomic E-state index is 14.3. The summed E-state index contributed by atoms with van der Waals surface area (Å²) in [5, 5.41) is 0. The fourth-order valence-electron chi connectivity index (χ4n) is 3.59. The van der Waals surface area contributed by atoms with Gasteiger partial charge in [-0.2, -0.15) is 0 Å². The van der Waals surface area contributed by atoms with Crippen LogP contribution in [0.15, 0.2) is 30.5 Å². The van der Waals surface area contributed by atoms with Crippen LogP contribution >= 0.6 is 0 Å². The van der Waals surface area contributed by atoms with E-state index >= 15 is 0 Å². The van der Waals surface area contributed by atoms with Crippen LogP contribution in [0.4, 0.5) is 14.5 Å². The number of benzene rings is 1. The summed E-state index contributed by atoms with van der Waals surface area (Å²) in [5.74, 6) is -0.0898. The Morgan fingerprint density at radius 3 is 2.83 bits per heavy atom. The summed E-state index contributed by atoms with van der Waals surface area (Å²) >= 11 is 0. The lowest BCUT2D eigenvalue weighted by molar-refractivity contribution is -0.122. The highest BCUT2D eigenvalue weighted by molar-refractivity contribution is 6.04. The number of Topliss-reactive ketones (excluding diaryl/α,β-unsaturated/α-hetero) is 1. The van der Waals surface area contributed by atoms with Gasteiger partial charge in [0.1, 0.15) is 11.6 Å². The van der Waals surface area contributed by atoms with E-state index in [0.717, 1.165) is 0 Å². The van der Waals surface area contributed by atoms with Gasteiger partial charge in [0.2, 0.25) is 5.88 Å². The molecule has 1 amide bonds. The molecule has 0 N–H and O–H groups in total. The number of pyridine rings is 1. The van der Waals surface area contributed by atoms with Crippen molar-refractivity contribution in [3.05, 3.63) is 47.4 Å². The largest absolute Gasteiger partial charge is 0.479 e. The molecule has 6 nitrogen and oxygen atoms in total. The molecule has 1 aromatic heterocycles. The van der Waals surface area contributed by atoms with Crippen molar-refractivity contribution >= 4 is 17.4 Å². The maximum absolute atomic E-state index is 14.3. The Morgan fingerprint density at radius 2 is 2.07 bits per heavy atom. The van der Waals surface area contributed by atoms with E-state index in [2.05, 4.69) is 4.98 Å². The van der Waals surface area contributed by atoms with Crippen molar-refractivity contribution < 1.29 is 27.8 Å². The van der Waals surface area contributed by atoms with Crippen molar-refractivity contribution in [3.63, 3.8) is 0 Å². The predicted octanol–water partition coefficient (Wildman–Crippen LogP) is 3.27. The van der Waals surface area contributed by atoms with Gasteiger partial charge in [0.25, 0.3) is 5.91 Å². The fourth-order valence-corrected chi connectivity index (χ4v) is 3.59. The van der Waals surface area contributed by atoms with E-state index in [4.69, 9.17) is 9.47 Å². The first-order valence-electron chi connectivity index (χ1n) is 9.55. The Bertz CT molecular complexity index is 933. The first kappa shape index (κ1) is 19.3. The maximum Gasteiger partial charge on any atom is 0.268 e. The molecule has 4 rings (SSSR count). The third-order valence-corrected chi connectivity index (χ3v) is 5.07. The van der Waals surface area contributed by atoms with E-state index in [0.29, 0.717) is 60.7 Å². The van der Waals surface area contributed by atoms with Crippen molar-refractivity contribution in [3.8, 4) is 11.6 Å². The number of fused-ring (bicyclic) bond motifs is 1. The first-order chi connectivity index (χ1) is 14.1. The number of rotatable bonds is 7. The second-order valence-corrected chi connectivity index (χ2v) is 6.99. The second-order valence-electron chi connectivity index (χ2n) is 6.99. The van der Waals surface area contributed by atoms with Crippen LogP contribution in [0.25, 0.3) is 0 Å². The van der Waals surface area contributed by atoms with Gasteiger partial charge in [0.05, 0.1) is 19.5 Å². The first-order valence-corrected chi connectivity index (χ1v) is 9.55. The third kappa shape index (κ3) is 3.92. The minimum atomic E-state index is -0.720. The number of alkyl halides is 1. The van der Waals surface area contributed by atoms with Gasteiger partial charge < -0.3 is 14.4 Å². The van der Waals surface area contributed by atoms with Gasteiger partial charge >= 0.3 is 0 Å². The van der Waals surface area contributed by atoms with Crippen LogP contribution in [-0.4, -0.2) is 42.6 Å². The number of carbonyl (C=O) groups excluding carboxylic acids is 2. The predicted molar refractivity (Wildman–Crippen MR) is 101 cm³/mol. The number of carbonyl (C=O) groups is 2. The van der Waals surface area contributed by atoms with Gasteiger partial charge in [-0.25, -0.2) is 9.37 Å². The molecule has 1 aromatic carbocycles. The minimum Gasteiger partial charge on any atom is -0.479 e. The summed E-state index contributed by atoms with van der Waals surface area (Å²) in [6.45, 7) is 0.150. The molecule has 0 bridgehead atoms. The molecule has 2 aromatic rings. The Hall–Kier alpha value is -3.03. The standard InChI is InChI=1S/C21H20F2N2O4/c22-7-1-9-28-20-5-2-14(12-24-20)29-19-6-8-25(21(19)27)13-10-16-15(17(23)11-13)3-4-18(16)26/h2,5,10-12,19H,1,3-4,6-9H2. The molecule has 1 atom stereocenters. The summed E-state index contributed by atoms with van der Waals surface area (Å²) in [5.41, 5.74) is 1.17. The molecule has 1 unspecified atom stereocenters. The third-order valence-electron chi connectivity index (χ3n) is 5.07. The zero-order valence-electron chi connectivity index (χ0n) is 15.7. The van der Waals surface area contributed by atoms with Gasteiger partial charge in [-0.1, -0.05) is 0 Å². The van der Waals surface area contributed by atoms with E-state index in [1.165, 1.54) is 17.2 Å². The van der Waals surface area contributed by atoms with Crippen LogP contribution in [0, 0.1) is 5.82 Å². The Labute approximate surface area is 166 Å². The number of ether oxygens (including phenoxy) is 2. The SMILES string of the molecule is O=C1CCc2c(F)cc(N3CCC(Oc4ccc(OCCCF)nc4)C3=O)cc21. The second kappa shape index (κ2) is 8.14. The van der Waals surface area contributed by atoms with Crippen LogP contribution < -0.4 is 14.4 Å². The number of amides is 1. The molecule has 29 heavy (non-hydrogen) atoms. The van der Waals surface area contributed by atoms with E-state index in [-0.39, 0.29) is 18.3 Å². The highest BCUT2D eigenvalue weighted by atomic mass is 19.1. The summed E-state index contributed by atoms with van der Waals surface area (Å²) < 4.78 is 37.4. The van der Waals surface area contributed by atoms with Gasteiger partial charge in [-0.05, 0) is 30.2 Å². The number of nitrogens with zero attached hydrogens (tertiary/aromatic N) is 2. The molecule has 152 valence electrons. The normalized spacial score (nSPS) is 18.3. The highest BCUT2D eigenvalue weighted by Gasteiger charge is 2.36. The van der Waals surface area contributed by atoms with Crippen molar-refractivity contribution in [1.82, 2.24) is 4.98 Å². The lowest BCUT2D eigenvalue weighted by Crippen LogP contribution is -2.32. The van der Waals surface area contributed by atoms with E-state index in [1.807, 2.05) is 0 Å². The molecule has 1 aliphatic heterocycles. The topological polar surface area (TPSA) is 68.7 Å². The van der Waals surface area contributed by atoms with Crippen LogP contribution in [0.5, 0.6) is 11.6 Å². The van der Waals surface area contributed by atoms with Gasteiger partial charge in [0, 0.05) is 43.1 Å². The van der Waals surface area contributed by atoms with Crippen molar-refractivity contribution in [1.29, 1.82) is 0 Å². The van der Waals surface area contributed by atoms with Crippen molar-refractivity contribution in [2.24, 2.45) is 0 Å². The lowest BCUT2D eigenvalue weighted by atomic mass is 10.1. The van der Waals surface area contributed by atoms with Gasteiger partial charge in [-0.3, -0.25) is 14.0 Å². The molecule has 2 aliphatic rings. The highest BCUT2D eigenvalue weighted by Crippen LogP contribution is 2.32. The Balaban J connectivity index is 1.42. The number of hydrogen-bond donors (Lipinski definition) is 0. The van der Waals surface area contributed by atoms with Crippen LogP contribution in [0.3, 0.4) is 0 Å². The molecular weight excluding hydrogens is 382 g/mol. The molecule has 0 spiro atoms. The fraction of sp³-hybridized carbons (Fsp3) is 0.381. The average molecular weight is 402 g/mol. The number of aromatic nitrogens is 1. The van der Waals surface area contributed by atoms with Gasteiger partial charge in [0.15, 0.2) is 11.9 Å². The Morgan fingerprint density at radius 1 is 1.21 bits per heavy atom. The monoisotopic (exact) mass is 402 g/mol. The molecular formula is C21H20F2N2O4. The minimum absolute atomic E-state index is 0.0971. The van der Waals surface area contributed by atoms with Crippen LogP contribution in [0.2, 0.25) is 0 Å². The number of halogens is 2. The van der Waals surface area contributed by atoms with E-state index in [9.17, 15) is 18.4 Å². The van der Waals surface area contributed by atoms with Crippen molar-refractivity contribution in [2.75, 3.05) is 24.7 Å². The molecule has 8 heteroatoms. The number of hydrogen-bond acceptors (Lipinski definition) is 5. The molecule has 1 fully saturated rings. The number of ketones is 1.